The van der Waals surface area contributed by atoms with Crippen LogP contribution in [-0.4, -0.2) is 9.89 Å². The molecule has 0 amide bonds. The minimum Gasteiger partial charge on any atom is -0.0877 e. The monoisotopic (exact) mass is 176 g/mol. The first kappa shape index (κ1) is 6.97. The molecule has 2 saturated carbocycles. The van der Waals surface area contributed by atoms with E-state index in [2.05, 4.69) is 10.8 Å². The van der Waals surface area contributed by atoms with Crippen molar-refractivity contribution in [2.45, 2.75) is 32.1 Å². The Hall–Kier alpha value is -0.480. The summed E-state index contributed by atoms with van der Waals surface area (Å²) in [7, 11) is 1.82. The van der Waals surface area contributed by atoms with Crippen LogP contribution in [0.25, 0.3) is 0 Å². The van der Waals surface area contributed by atoms with Gasteiger partial charge in [0.2, 0.25) is 0 Å². The van der Waals surface area contributed by atoms with E-state index in [0.717, 1.165) is 11.8 Å². The molecule has 3 aliphatic rings. The molecule has 2 atom stereocenters. The molecule has 0 spiro atoms. The predicted octanol–water partition coefficient (Wildman–Crippen LogP) is 2.60. The number of hydrogen-bond acceptors (Lipinski definition) is 0. The van der Waals surface area contributed by atoms with E-state index in [1.807, 2.05) is 10.9 Å². The maximum Gasteiger partial charge on any atom is 0.0285 e. The minimum absolute atomic E-state index is 0.904. The fourth-order valence-corrected chi connectivity index (χ4v) is 3.78. The molecule has 0 bridgehead atoms. The average molecular weight is 176 g/mol. The van der Waals surface area contributed by atoms with Crippen LogP contribution in [0.2, 0.25) is 0 Å². The second-order valence-electron chi connectivity index (χ2n) is 4.03. The van der Waals surface area contributed by atoms with Crippen LogP contribution in [0, 0.1) is 11.8 Å². The van der Waals surface area contributed by atoms with Crippen molar-refractivity contribution in [1.29, 1.82) is 0 Å². The highest BCUT2D eigenvalue weighted by molar-refractivity contribution is 7.97. The molecular weight excluding hydrogens is 164 g/mol. The molecule has 12 heavy (non-hydrogen) atoms. The van der Waals surface area contributed by atoms with Gasteiger partial charge in [-0.1, -0.05) is 29.5 Å². The van der Waals surface area contributed by atoms with Crippen LogP contribution < -0.4 is 0 Å². The van der Waals surface area contributed by atoms with Gasteiger partial charge in [0.05, 0.1) is 0 Å². The lowest BCUT2D eigenvalue weighted by atomic mass is 9.82. The normalized spacial score (nSPS) is 36.7. The van der Waals surface area contributed by atoms with Crippen molar-refractivity contribution in [3.8, 4) is 0 Å². The fraction of sp³-hybridized carbons (Fsp3) is 0.636. The van der Waals surface area contributed by atoms with Crippen molar-refractivity contribution in [2.75, 3.05) is 0 Å². The lowest BCUT2D eigenvalue weighted by molar-refractivity contribution is 0.323. The third-order valence-corrected chi connectivity index (χ3v) is 4.35. The molecule has 1 heteroatoms. The molecule has 0 aromatic rings. The molecule has 62 valence electrons. The van der Waals surface area contributed by atoms with Gasteiger partial charge in [0.15, 0.2) is 0 Å². The van der Waals surface area contributed by atoms with Crippen molar-refractivity contribution in [3.05, 3.63) is 11.3 Å². The quantitative estimate of drug-likeness (QED) is 0.393. The Balaban J connectivity index is 2.01. The summed E-state index contributed by atoms with van der Waals surface area (Å²) >= 11 is 0. The Morgan fingerprint density at radius 2 is 2.17 bits per heavy atom. The van der Waals surface area contributed by atoms with Crippen LogP contribution in [0.3, 0.4) is 0 Å². The molecule has 0 radical (unpaired) electrons. The Kier molecular flexibility index (Phi) is 1.45. The lowest BCUT2D eigenvalue weighted by Crippen LogP contribution is -2.17. The van der Waals surface area contributed by atoms with E-state index >= 15 is 0 Å². The zero-order valence-corrected chi connectivity index (χ0v) is 7.91. The Morgan fingerprint density at radius 1 is 1.25 bits per heavy atom. The Bertz CT molecular complexity index is 358. The summed E-state index contributed by atoms with van der Waals surface area (Å²) in [6, 6.07) is 0. The summed E-state index contributed by atoms with van der Waals surface area (Å²) in [6.07, 6.45) is 7.10. The van der Waals surface area contributed by atoms with Crippen molar-refractivity contribution in [1.82, 2.24) is 0 Å². The first-order valence-corrected chi connectivity index (χ1v) is 5.68. The van der Waals surface area contributed by atoms with Crippen molar-refractivity contribution in [3.63, 3.8) is 0 Å². The molecule has 2 aliphatic carbocycles. The first-order chi connectivity index (χ1) is 5.95. The van der Waals surface area contributed by atoms with Gasteiger partial charge in [0.25, 0.3) is 0 Å². The molecule has 3 rings (SSSR count). The summed E-state index contributed by atoms with van der Waals surface area (Å²) in [5.41, 5.74) is 4.76. The standard InChI is InChI=1S/C11H12S/c1-2-4-10-8(3-1)7-9-5-6-12-11(9)10/h8,10H,1-4,7H2. The van der Waals surface area contributed by atoms with Gasteiger partial charge in [-0.05, 0) is 36.1 Å². The molecule has 0 nitrogen and oxygen atoms in total. The summed E-state index contributed by atoms with van der Waals surface area (Å²) in [6.45, 7) is 0. The summed E-state index contributed by atoms with van der Waals surface area (Å²) in [5, 5.41) is 3.15. The molecule has 0 aromatic carbocycles. The SMILES string of the molecule is C1=C=C2CC3CCCCC3C2=S=1. The highest BCUT2D eigenvalue weighted by atomic mass is 32.1. The third-order valence-electron chi connectivity index (χ3n) is 3.37. The molecular formula is C11H12S. The number of hydrogen-bond donors (Lipinski definition) is 0. The lowest BCUT2D eigenvalue weighted by Gasteiger charge is -2.23. The van der Waals surface area contributed by atoms with E-state index in [4.69, 9.17) is 0 Å². The van der Waals surface area contributed by atoms with Crippen LogP contribution in [0.5, 0.6) is 0 Å². The van der Waals surface area contributed by atoms with E-state index in [-0.39, 0.29) is 0 Å². The van der Waals surface area contributed by atoms with Gasteiger partial charge in [0.1, 0.15) is 0 Å². The van der Waals surface area contributed by atoms with Gasteiger partial charge < -0.3 is 0 Å². The Labute approximate surface area is 76.5 Å². The molecule has 2 unspecified atom stereocenters. The maximum atomic E-state index is 3.27. The smallest absolute Gasteiger partial charge is 0.0285 e. The van der Waals surface area contributed by atoms with Gasteiger partial charge in [-0.25, -0.2) is 0 Å². The molecule has 0 aromatic heterocycles. The van der Waals surface area contributed by atoms with E-state index in [1.165, 1.54) is 37.7 Å². The van der Waals surface area contributed by atoms with Crippen LogP contribution in [0.1, 0.15) is 32.1 Å². The fourth-order valence-electron chi connectivity index (χ4n) is 2.78. The highest BCUT2D eigenvalue weighted by Crippen LogP contribution is 2.43. The van der Waals surface area contributed by atoms with E-state index < -0.39 is 0 Å². The molecule has 0 N–H and O–H groups in total. The van der Waals surface area contributed by atoms with Crippen LogP contribution >= 0.6 is 10.9 Å². The van der Waals surface area contributed by atoms with Crippen LogP contribution in [0.4, 0.5) is 0 Å². The molecule has 0 saturated heterocycles. The van der Waals surface area contributed by atoms with Gasteiger partial charge >= 0.3 is 0 Å². The van der Waals surface area contributed by atoms with Gasteiger partial charge in [-0.2, -0.15) is 0 Å². The van der Waals surface area contributed by atoms with E-state index in [9.17, 15) is 0 Å². The third kappa shape index (κ3) is 0.850. The van der Waals surface area contributed by atoms with Crippen molar-refractivity contribution < 1.29 is 0 Å². The molecule has 1 heterocycles. The van der Waals surface area contributed by atoms with E-state index in [1.54, 1.807) is 4.86 Å². The van der Waals surface area contributed by atoms with Crippen LogP contribution in [0.15, 0.2) is 11.3 Å². The topological polar surface area (TPSA) is 0 Å². The Morgan fingerprint density at radius 3 is 3.17 bits per heavy atom. The van der Waals surface area contributed by atoms with Gasteiger partial charge in [-0.15, -0.1) is 0 Å². The van der Waals surface area contributed by atoms with Gasteiger partial charge in [-0.3, -0.25) is 0 Å². The van der Waals surface area contributed by atoms with Crippen molar-refractivity contribution in [2.24, 2.45) is 11.8 Å². The largest absolute Gasteiger partial charge is 0.0877 e. The number of allylic oxidation sites excluding steroid dienone is 1. The second-order valence-corrected chi connectivity index (χ2v) is 4.88. The minimum atomic E-state index is 0.904. The summed E-state index contributed by atoms with van der Waals surface area (Å²) < 4.78 is 0. The number of fused-ring (bicyclic) bond motifs is 3. The average Bonchev–Trinajstić information content (AvgIpc) is 2.62. The zero-order chi connectivity index (χ0) is 7.97. The summed E-state index contributed by atoms with van der Waals surface area (Å²) in [4.78, 5) is 1.62. The summed E-state index contributed by atoms with van der Waals surface area (Å²) in [5.74, 6) is 1.88. The first-order valence-electron chi connectivity index (χ1n) is 4.86. The van der Waals surface area contributed by atoms with E-state index in [0.29, 0.717) is 0 Å². The maximum absolute atomic E-state index is 3.27. The van der Waals surface area contributed by atoms with Gasteiger partial charge in [0, 0.05) is 10.4 Å². The molecule has 2 fully saturated rings. The second kappa shape index (κ2) is 2.50. The molecule has 1 aliphatic heterocycles. The predicted molar refractivity (Wildman–Crippen MR) is 54.7 cm³/mol. The zero-order valence-electron chi connectivity index (χ0n) is 7.10. The van der Waals surface area contributed by atoms with Crippen molar-refractivity contribution >= 4 is 20.8 Å². The van der Waals surface area contributed by atoms with Crippen LogP contribution in [-0.2, 0) is 0 Å². The number of rotatable bonds is 0. The highest BCUT2D eigenvalue weighted by Gasteiger charge is 2.37.